The Balaban J connectivity index is 2.82. The molecule has 0 aliphatic carbocycles. The zero-order chi connectivity index (χ0) is 8.55. The van der Waals surface area contributed by atoms with Crippen molar-refractivity contribution in [3.05, 3.63) is 35.0 Å². The zero-order valence-corrected chi connectivity index (χ0v) is 6.90. The predicted molar refractivity (Wildman–Crippen MR) is 47.2 cm³/mol. The number of rotatable bonds is 1. The second kappa shape index (κ2) is 2.68. The molecule has 3 heteroatoms. The van der Waals surface area contributed by atoms with E-state index in [0.717, 1.165) is 11.7 Å². The third-order valence-electron chi connectivity index (χ3n) is 1.63. The lowest BCUT2D eigenvalue weighted by Crippen LogP contribution is -1.69. The number of aldehydes is 1. The Hall–Kier alpha value is -1.22. The number of benzene rings is 1. The molecule has 0 fully saturated rings. The minimum atomic E-state index is -0.259. The van der Waals surface area contributed by atoms with Crippen LogP contribution in [0.4, 0.5) is 4.39 Å². The molecule has 0 aliphatic rings. The minimum Gasteiger partial charge on any atom is -0.297 e. The summed E-state index contributed by atoms with van der Waals surface area (Å²) in [7, 11) is 0. The molecular weight excluding hydrogens is 175 g/mol. The summed E-state index contributed by atoms with van der Waals surface area (Å²) in [6.07, 6.45) is 0.740. The summed E-state index contributed by atoms with van der Waals surface area (Å²) >= 11 is 1.18. The van der Waals surface area contributed by atoms with Crippen molar-refractivity contribution in [2.75, 3.05) is 0 Å². The average Bonchev–Trinajstić information content (AvgIpc) is 2.49. The number of hydrogen-bond acceptors (Lipinski definition) is 2. The first-order valence-corrected chi connectivity index (χ1v) is 4.26. The average molecular weight is 180 g/mol. The zero-order valence-electron chi connectivity index (χ0n) is 6.08. The van der Waals surface area contributed by atoms with E-state index in [0.29, 0.717) is 9.58 Å². The molecule has 1 aromatic carbocycles. The molecule has 12 heavy (non-hydrogen) atoms. The van der Waals surface area contributed by atoms with Crippen LogP contribution < -0.4 is 0 Å². The molecule has 0 atom stereocenters. The molecule has 1 heterocycles. The van der Waals surface area contributed by atoms with Gasteiger partial charge in [0.1, 0.15) is 5.82 Å². The summed E-state index contributed by atoms with van der Waals surface area (Å²) in [5.41, 5.74) is 0. The number of thiophene rings is 1. The van der Waals surface area contributed by atoms with Crippen molar-refractivity contribution in [1.29, 1.82) is 0 Å². The first-order chi connectivity index (χ1) is 5.81. The Morgan fingerprint density at radius 2 is 2.25 bits per heavy atom. The molecule has 2 aromatic rings. The first-order valence-electron chi connectivity index (χ1n) is 3.44. The van der Waals surface area contributed by atoms with Crippen LogP contribution in [0.15, 0.2) is 24.3 Å². The molecule has 0 radical (unpaired) electrons. The third-order valence-corrected chi connectivity index (χ3v) is 2.72. The van der Waals surface area contributed by atoms with Crippen LogP contribution >= 0.6 is 11.3 Å². The van der Waals surface area contributed by atoms with E-state index in [9.17, 15) is 9.18 Å². The fourth-order valence-corrected chi connectivity index (χ4v) is 1.99. The quantitative estimate of drug-likeness (QED) is 0.617. The smallest absolute Gasteiger partial charge is 0.160 e. The van der Waals surface area contributed by atoms with E-state index in [4.69, 9.17) is 0 Å². The molecule has 2 rings (SSSR count). The van der Waals surface area contributed by atoms with Gasteiger partial charge >= 0.3 is 0 Å². The van der Waals surface area contributed by atoms with E-state index in [2.05, 4.69) is 0 Å². The van der Waals surface area contributed by atoms with Crippen molar-refractivity contribution in [1.82, 2.24) is 0 Å². The van der Waals surface area contributed by atoms with E-state index < -0.39 is 0 Å². The largest absolute Gasteiger partial charge is 0.297 e. The number of fused-ring (bicyclic) bond motifs is 1. The van der Waals surface area contributed by atoms with Crippen molar-refractivity contribution in [2.45, 2.75) is 0 Å². The highest BCUT2D eigenvalue weighted by Gasteiger charge is 2.04. The van der Waals surface area contributed by atoms with Gasteiger partial charge in [-0.25, -0.2) is 4.39 Å². The van der Waals surface area contributed by atoms with Gasteiger partial charge in [0, 0.05) is 0 Å². The Morgan fingerprint density at radius 3 is 2.92 bits per heavy atom. The Kier molecular flexibility index (Phi) is 1.66. The van der Waals surface area contributed by atoms with Crippen LogP contribution in [0.2, 0.25) is 0 Å². The van der Waals surface area contributed by atoms with Gasteiger partial charge in [-0.1, -0.05) is 12.1 Å². The Morgan fingerprint density at radius 1 is 1.42 bits per heavy atom. The van der Waals surface area contributed by atoms with Crippen molar-refractivity contribution >= 4 is 27.7 Å². The van der Waals surface area contributed by atoms with Crippen molar-refractivity contribution in [3.63, 3.8) is 0 Å². The van der Waals surface area contributed by atoms with Crippen LogP contribution in [0.25, 0.3) is 10.1 Å². The van der Waals surface area contributed by atoms with Gasteiger partial charge in [0.05, 0.1) is 9.58 Å². The topological polar surface area (TPSA) is 17.1 Å². The monoisotopic (exact) mass is 180 g/mol. The molecular formula is C9H5FOS. The number of carbonyl (C=O) groups excluding carboxylic acids is 1. The maximum atomic E-state index is 13.0. The highest BCUT2D eigenvalue weighted by Crippen LogP contribution is 2.26. The van der Waals surface area contributed by atoms with Gasteiger partial charge in [-0.3, -0.25) is 4.79 Å². The van der Waals surface area contributed by atoms with Crippen LogP contribution in [0.3, 0.4) is 0 Å². The van der Waals surface area contributed by atoms with Gasteiger partial charge < -0.3 is 0 Å². The van der Waals surface area contributed by atoms with Gasteiger partial charge in [0.2, 0.25) is 0 Å². The summed E-state index contributed by atoms with van der Waals surface area (Å²) in [5.74, 6) is -0.259. The van der Waals surface area contributed by atoms with Crippen LogP contribution in [0, 0.1) is 5.82 Å². The van der Waals surface area contributed by atoms with Crippen molar-refractivity contribution in [3.8, 4) is 0 Å². The van der Waals surface area contributed by atoms with Crippen molar-refractivity contribution in [2.24, 2.45) is 0 Å². The molecule has 1 aromatic heterocycles. The fraction of sp³-hybridized carbons (Fsp3) is 0. The number of carbonyl (C=O) groups is 1. The van der Waals surface area contributed by atoms with E-state index in [1.165, 1.54) is 17.4 Å². The van der Waals surface area contributed by atoms with Crippen molar-refractivity contribution < 1.29 is 9.18 Å². The van der Waals surface area contributed by atoms with Gasteiger partial charge in [0.15, 0.2) is 6.29 Å². The fourth-order valence-electron chi connectivity index (χ4n) is 1.11. The summed E-state index contributed by atoms with van der Waals surface area (Å²) in [6.45, 7) is 0. The van der Waals surface area contributed by atoms with Crippen LogP contribution in [-0.2, 0) is 0 Å². The number of hydrogen-bond donors (Lipinski definition) is 0. The van der Waals surface area contributed by atoms with Gasteiger partial charge in [-0.2, -0.15) is 0 Å². The molecule has 0 spiro atoms. The lowest BCUT2D eigenvalue weighted by molar-refractivity contribution is 0.112. The summed E-state index contributed by atoms with van der Waals surface area (Å²) in [4.78, 5) is 10.9. The summed E-state index contributed by atoms with van der Waals surface area (Å²) in [5, 5.41) is 0.794. The lowest BCUT2D eigenvalue weighted by Gasteiger charge is -1.87. The van der Waals surface area contributed by atoms with Crippen LogP contribution in [0.1, 0.15) is 9.67 Å². The second-order valence-electron chi connectivity index (χ2n) is 2.42. The SMILES string of the molecule is O=Cc1cc2cccc(F)c2s1. The second-order valence-corrected chi connectivity index (χ2v) is 3.51. The maximum absolute atomic E-state index is 13.0. The molecule has 0 aliphatic heterocycles. The molecule has 1 nitrogen and oxygen atoms in total. The molecule has 60 valence electrons. The molecule has 0 amide bonds. The summed E-state index contributed by atoms with van der Waals surface area (Å²) < 4.78 is 13.6. The van der Waals surface area contributed by atoms with Gasteiger partial charge in [-0.15, -0.1) is 11.3 Å². The normalized spacial score (nSPS) is 10.4. The summed E-state index contributed by atoms with van der Waals surface area (Å²) in [6, 6.07) is 6.52. The van der Waals surface area contributed by atoms with E-state index >= 15 is 0 Å². The van der Waals surface area contributed by atoms with Gasteiger partial charge in [0.25, 0.3) is 0 Å². The minimum absolute atomic E-state index is 0.259. The molecule has 0 saturated carbocycles. The lowest BCUT2D eigenvalue weighted by atomic mass is 10.2. The van der Waals surface area contributed by atoms with E-state index in [1.54, 1.807) is 18.2 Å². The Bertz CT molecular complexity index is 433. The standard InChI is InChI=1S/C9H5FOS/c10-8-3-1-2-6-4-7(5-11)12-9(6)8/h1-5H. The molecule has 0 bridgehead atoms. The van der Waals surface area contributed by atoms with Crippen LogP contribution in [-0.4, -0.2) is 6.29 Å². The molecule has 0 unspecified atom stereocenters. The highest BCUT2D eigenvalue weighted by molar-refractivity contribution is 7.20. The predicted octanol–water partition coefficient (Wildman–Crippen LogP) is 2.85. The Labute approximate surface area is 72.4 Å². The van der Waals surface area contributed by atoms with E-state index in [1.807, 2.05) is 0 Å². The number of halogens is 1. The molecule has 0 N–H and O–H groups in total. The first kappa shape index (κ1) is 7.43. The van der Waals surface area contributed by atoms with E-state index in [-0.39, 0.29) is 5.82 Å². The van der Waals surface area contributed by atoms with Gasteiger partial charge in [-0.05, 0) is 17.5 Å². The highest BCUT2D eigenvalue weighted by atomic mass is 32.1. The third kappa shape index (κ3) is 1.02. The maximum Gasteiger partial charge on any atom is 0.160 e. The molecule has 0 saturated heterocycles. The van der Waals surface area contributed by atoms with Crippen LogP contribution in [0.5, 0.6) is 0 Å².